The molecule has 0 radical (unpaired) electrons. The summed E-state index contributed by atoms with van der Waals surface area (Å²) in [6, 6.07) is 0. The average Bonchev–Trinajstić information content (AvgIpc) is 2.06. The Hall–Kier alpha value is -0.810. The van der Waals surface area contributed by atoms with Crippen LogP contribution in [0.3, 0.4) is 0 Å². The summed E-state index contributed by atoms with van der Waals surface area (Å²) >= 11 is 8.67. The molecule has 0 atom stereocenters. The number of halogens is 2. The molecule has 0 aliphatic rings. The number of anilines is 1. The van der Waals surface area contributed by atoms with Crippen LogP contribution in [0.15, 0.2) is 22.2 Å². The van der Waals surface area contributed by atoms with E-state index in [0.29, 0.717) is 11.0 Å². The highest BCUT2D eigenvalue weighted by Crippen LogP contribution is 2.09. The normalized spacial score (nSPS) is 10.0. The summed E-state index contributed by atoms with van der Waals surface area (Å²) in [7, 11) is 0. The molecule has 0 fully saturated rings. The van der Waals surface area contributed by atoms with E-state index in [1.165, 1.54) is 10.9 Å². The molecule has 70 valence electrons. The molecule has 0 saturated carbocycles. The summed E-state index contributed by atoms with van der Waals surface area (Å²) in [4.78, 5) is 15.1. The van der Waals surface area contributed by atoms with Gasteiger partial charge in [0.25, 0.3) is 5.56 Å². The summed E-state index contributed by atoms with van der Waals surface area (Å²) in [5, 5.41) is 0.0291. The van der Waals surface area contributed by atoms with E-state index in [1.807, 2.05) is 0 Å². The monoisotopic (exact) mass is 263 g/mol. The van der Waals surface area contributed by atoms with Gasteiger partial charge in [0.1, 0.15) is 5.69 Å². The van der Waals surface area contributed by atoms with E-state index >= 15 is 0 Å². The number of rotatable bonds is 2. The van der Waals surface area contributed by atoms with Gasteiger partial charge in [-0.25, -0.2) is 4.98 Å². The van der Waals surface area contributed by atoms with Gasteiger partial charge in [-0.15, -0.1) is 0 Å². The van der Waals surface area contributed by atoms with Crippen molar-refractivity contribution >= 4 is 33.2 Å². The second-order valence-electron chi connectivity index (χ2n) is 2.40. The minimum atomic E-state index is -0.361. The number of hydrogen-bond acceptors (Lipinski definition) is 3. The van der Waals surface area contributed by atoms with E-state index in [0.717, 1.165) is 0 Å². The molecule has 1 heterocycles. The molecule has 13 heavy (non-hydrogen) atoms. The van der Waals surface area contributed by atoms with Crippen LogP contribution in [0, 0.1) is 0 Å². The number of nitrogens with two attached hydrogens (primary N) is 1. The van der Waals surface area contributed by atoms with Gasteiger partial charge in [0, 0.05) is 4.48 Å². The molecular weight excluding hydrogens is 257 g/mol. The zero-order valence-electron chi connectivity index (χ0n) is 6.63. The highest BCUT2D eigenvalue weighted by atomic mass is 79.9. The first-order valence-corrected chi connectivity index (χ1v) is 4.53. The van der Waals surface area contributed by atoms with E-state index < -0.39 is 0 Å². The fourth-order valence-electron chi connectivity index (χ4n) is 0.783. The van der Waals surface area contributed by atoms with Crippen molar-refractivity contribution in [1.82, 2.24) is 9.55 Å². The van der Waals surface area contributed by atoms with E-state index in [9.17, 15) is 4.79 Å². The molecule has 1 aromatic rings. The number of nitrogen functional groups attached to an aromatic ring is 1. The highest BCUT2D eigenvalue weighted by Gasteiger charge is 2.05. The smallest absolute Gasteiger partial charge is 0.278 e. The summed E-state index contributed by atoms with van der Waals surface area (Å²) in [6.45, 7) is 3.93. The average molecular weight is 265 g/mol. The second-order valence-corrected chi connectivity index (χ2v) is 3.88. The zero-order chi connectivity index (χ0) is 10.0. The zero-order valence-corrected chi connectivity index (χ0v) is 8.97. The Morgan fingerprint density at radius 2 is 2.46 bits per heavy atom. The fraction of sp³-hybridized carbons (Fsp3) is 0.143. The molecular formula is C7H7BrClN3O. The van der Waals surface area contributed by atoms with E-state index in [4.69, 9.17) is 17.3 Å². The number of nitrogens with zero attached hydrogens (tertiary/aromatic N) is 2. The number of hydrogen-bond donors (Lipinski definition) is 1. The molecule has 0 spiro atoms. The quantitative estimate of drug-likeness (QED) is 0.821. The van der Waals surface area contributed by atoms with E-state index in [1.54, 1.807) is 0 Å². The van der Waals surface area contributed by atoms with Gasteiger partial charge >= 0.3 is 0 Å². The van der Waals surface area contributed by atoms with Crippen molar-refractivity contribution < 1.29 is 0 Å². The largest absolute Gasteiger partial charge is 0.392 e. The maximum absolute atomic E-state index is 11.4. The molecule has 4 nitrogen and oxygen atoms in total. The maximum atomic E-state index is 11.4. The lowest BCUT2D eigenvalue weighted by Gasteiger charge is -2.04. The minimum absolute atomic E-state index is 0.0291. The lowest BCUT2D eigenvalue weighted by molar-refractivity contribution is 0.753. The van der Waals surface area contributed by atoms with Gasteiger partial charge < -0.3 is 5.73 Å². The second kappa shape index (κ2) is 3.93. The van der Waals surface area contributed by atoms with Crippen LogP contribution in [0.2, 0.25) is 5.15 Å². The molecule has 0 aliphatic carbocycles. The Bertz CT molecular complexity index is 401. The van der Waals surface area contributed by atoms with Gasteiger partial charge in [-0.05, 0) is 0 Å². The summed E-state index contributed by atoms with van der Waals surface area (Å²) in [5.74, 6) is 0. The maximum Gasteiger partial charge on any atom is 0.278 e. The SMILES string of the molecule is C=C(Br)Cn1cnc(Cl)c(N)c1=O. The van der Waals surface area contributed by atoms with Gasteiger partial charge in [0.15, 0.2) is 5.15 Å². The standard InChI is InChI=1S/C7H7BrClN3O/c1-4(8)2-12-3-11-6(9)5(10)7(12)13/h3H,1-2,10H2. The Balaban J connectivity index is 3.19. The third kappa shape index (κ3) is 2.32. The van der Waals surface area contributed by atoms with Crippen LogP contribution in [-0.4, -0.2) is 9.55 Å². The van der Waals surface area contributed by atoms with Crippen molar-refractivity contribution in [1.29, 1.82) is 0 Å². The van der Waals surface area contributed by atoms with Gasteiger partial charge in [0.05, 0.1) is 12.9 Å². The summed E-state index contributed by atoms with van der Waals surface area (Å²) < 4.78 is 1.98. The van der Waals surface area contributed by atoms with Crippen molar-refractivity contribution in [2.75, 3.05) is 5.73 Å². The molecule has 0 aromatic carbocycles. The Kier molecular flexibility index (Phi) is 3.11. The first kappa shape index (κ1) is 10.3. The van der Waals surface area contributed by atoms with E-state index in [2.05, 4.69) is 27.5 Å². The van der Waals surface area contributed by atoms with Crippen molar-refractivity contribution in [3.05, 3.63) is 32.9 Å². The van der Waals surface area contributed by atoms with Crippen LogP contribution in [0.25, 0.3) is 0 Å². The molecule has 2 N–H and O–H groups in total. The summed E-state index contributed by atoms with van der Waals surface area (Å²) in [6.07, 6.45) is 1.33. The lowest BCUT2D eigenvalue weighted by atomic mass is 10.5. The van der Waals surface area contributed by atoms with Gasteiger partial charge in [-0.1, -0.05) is 34.1 Å². The predicted molar refractivity (Wildman–Crippen MR) is 56.0 cm³/mol. The van der Waals surface area contributed by atoms with Gasteiger partial charge in [-0.2, -0.15) is 0 Å². The Labute approximate surface area is 88.2 Å². The van der Waals surface area contributed by atoms with Gasteiger partial charge in [-0.3, -0.25) is 9.36 Å². The van der Waals surface area contributed by atoms with Crippen LogP contribution in [-0.2, 0) is 6.54 Å². The van der Waals surface area contributed by atoms with Crippen LogP contribution >= 0.6 is 27.5 Å². The summed E-state index contributed by atoms with van der Waals surface area (Å²) in [5.41, 5.74) is 4.98. The number of aromatic nitrogens is 2. The van der Waals surface area contributed by atoms with Crippen LogP contribution in [0.5, 0.6) is 0 Å². The van der Waals surface area contributed by atoms with Crippen molar-refractivity contribution in [3.8, 4) is 0 Å². The van der Waals surface area contributed by atoms with E-state index in [-0.39, 0.29) is 16.4 Å². The van der Waals surface area contributed by atoms with Crippen molar-refractivity contribution in [2.45, 2.75) is 6.54 Å². The Morgan fingerprint density at radius 3 is 3.00 bits per heavy atom. The first-order chi connectivity index (χ1) is 6.02. The minimum Gasteiger partial charge on any atom is -0.392 e. The molecule has 0 aliphatic heterocycles. The molecule has 0 unspecified atom stereocenters. The Morgan fingerprint density at radius 1 is 1.85 bits per heavy atom. The third-order valence-corrected chi connectivity index (χ3v) is 1.92. The third-order valence-electron chi connectivity index (χ3n) is 1.37. The molecule has 1 aromatic heterocycles. The van der Waals surface area contributed by atoms with Crippen LogP contribution in [0.4, 0.5) is 5.69 Å². The number of allylic oxidation sites excluding steroid dienone is 1. The van der Waals surface area contributed by atoms with Crippen molar-refractivity contribution in [3.63, 3.8) is 0 Å². The van der Waals surface area contributed by atoms with Crippen LogP contribution < -0.4 is 11.3 Å². The molecule has 1 rings (SSSR count). The van der Waals surface area contributed by atoms with Crippen LogP contribution in [0.1, 0.15) is 0 Å². The molecule has 0 bridgehead atoms. The lowest BCUT2D eigenvalue weighted by Crippen LogP contribution is -2.23. The highest BCUT2D eigenvalue weighted by molar-refractivity contribution is 9.11. The molecule has 6 heteroatoms. The first-order valence-electron chi connectivity index (χ1n) is 3.36. The molecule has 0 amide bonds. The molecule has 0 saturated heterocycles. The van der Waals surface area contributed by atoms with Crippen molar-refractivity contribution in [2.24, 2.45) is 0 Å². The fourth-order valence-corrected chi connectivity index (χ4v) is 1.18. The predicted octanol–water partition coefficient (Wildman–Crippen LogP) is 1.39. The topological polar surface area (TPSA) is 60.9 Å². The van der Waals surface area contributed by atoms with Gasteiger partial charge in [0.2, 0.25) is 0 Å².